The van der Waals surface area contributed by atoms with Crippen LogP contribution in [0.1, 0.15) is 44.2 Å². The monoisotopic (exact) mass is 579 g/mol. The predicted octanol–water partition coefficient (Wildman–Crippen LogP) is 5.02. The molecule has 3 amide bonds. The summed E-state index contributed by atoms with van der Waals surface area (Å²) in [6.07, 6.45) is 5.99. The summed E-state index contributed by atoms with van der Waals surface area (Å²) in [6, 6.07) is 10.8. The number of carbonyl (C=O) groups is 3. The number of rotatable bonds is 6. The summed E-state index contributed by atoms with van der Waals surface area (Å²) >= 11 is 5.92. The van der Waals surface area contributed by atoms with E-state index >= 15 is 0 Å². The van der Waals surface area contributed by atoms with E-state index in [1.807, 2.05) is 37.3 Å². The molecular weight excluding hydrogens is 545 g/mol. The number of carbonyl (C=O) groups excluding carboxylic acids is 3. The molecule has 1 aliphatic carbocycles. The average Bonchev–Trinajstić information content (AvgIpc) is 3.58. The van der Waals surface area contributed by atoms with E-state index in [2.05, 4.69) is 24.5 Å². The van der Waals surface area contributed by atoms with E-state index in [0.29, 0.717) is 17.5 Å². The lowest BCUT2D eigenvalue weighted by Gasteiger charge is -2.38. The highest BCUT2D eigenvalue weighted by molar-refractivity contribution is 6.31. The van der Waals surface area contributed by atoms with Crippen molar-refractivity contribution in [3.8, 4) is 0 Å². The van der Waals surface area contributed by atoms with Crippen LogP contribution in [0.15, 0.2) is 54.6 Å². The van der Waals surface area contributed by atoms with Crippen LogP contribution in [0.2, 0.25) is 5.02 Å². The SMILES string of the molecule is Cc1ccc(CN2C(=O)[C@H]3[C@H](C(=O)Nc4ccc(F)c(Cl)c4)[C@H]4C=C[C@@]3(O4)[C@@H]2C(=O)N[C@@H]2CCC[C@H](C)[C@H]2C)cc1. The van der Waals surface area contributed by atoms with Crippen LogP contribution < -0.4 is 10.6 Å². The van der Waals surface area contributed by atoms with Gasteiger partial charge in [-0.3, -0.25) is 14.4 Å². The predicted molar refractivity (Wildman–Crippen MR) is 153 cm³/mol. The highest BCUT2D eigenvalue weighted by atomic mass is 35.5. The fraction of sp³-hybridized carbons (Fsp3) is 0.469. The molecule has 3 heterocycles. The van der Waals surface area contributed by atoms with Gasteiger partial charge in [0.15, 0.2) is 0 Å². The van der Waals surface area contributed by atoms with Crippen molar-refractivity contribution in [1.29, 1.82) is 0 Å². The molecule has 0 aromatic heterocycles. The largest absolute Gasteiger partial charge is 0.359 e. The summed E-state index contributed by atoms with van der Waals surface area (Å²) in [5.41, 5.74) is 1.04. The first-order valence-corrected chi connectivity index (χ1v) is 14.8. The van der Waals surface area contributed by atoms with E-state index in [1.165, 1.54) is 18.2 Å². The van der Waals surface area contributed by atoms with Crippen LogP contribution in [-0.2, 0) is 25.7 Å². The number of halogens is 2. The van der Waals surface area contributed by atoms with Crippen LogP contribution in [-0.4, -0.2) is 46.4 Å². The molecule has 1 spiro atoms. The topological polar surface area (TPSA) is 87.7 Å². The molecule has 3 aliphatic heterocycles. The Morgan fingerprint density at radius 2 is 1.88 bits per heavy atom. The molecule has 7 nitrogen and oxygen atoms in total. The molecule has 2 aromatic rings. The van der Waals surface area contributed by atoms with Crippen molar-refractivity contribution in [2.75, 3.05) is 5.32 Å². The molecule has 3 fully saturated rings. The molecule has 41 heavy (non-hydrogen) atoms. The molecule has 0 radical (unpaired) electrons. The number of benzene rings is 2. The van der Waals surface area contributed by atoms with E-state index in [1.54, 1.807) is 11.0 Å². The molecular formula is C32H35ClFN3O4. The standard InChI is InChI=1S/C32H35ClFN3O4/c1-17-7-9-20(10-8-17)16-37-28(30(39)36-24-6-4-5-18(2)19(24)3)32-14-13-25(41-32)26(27(32)31(37)40)29(38)35-21-11-12-23(34)22(33)15-21/h7-15,18-19,24-28H,4-6,16H2,1-3H3,(H,35,38)(H,36,39)/t18-,19+,24+,25+,26+,27+,28-,32-/m0/s1. The van der Waals surface area contributed by atoms with Crippen LogP contribution in [0.25, 0.3) is 0 Å². The van der Waals surface area contributed by atoms with E-state index < -0.39 is 41.3 Å². The first-order valence-electron chi connectivity index (χ1n) is 14.4. The van der Waals surface area contributed by atoms with Crippen molar-refractivity contribution in [2.24, 2.45) is 23.7 Å². The number of nitrogens with zero attached hydrogens (tertiary/aromatic N) is 1. The Bertz CT molecular complexity index is 1410. The average molecular weight is 580 g/mol. The van der Waals surface area contributed by atoms with Gasteiger partial charge in [-0.1, -0.05) is 80.3 Å². The second kappa shape index (κ2) is 10.6. The Balaban J connectivity index is 1.32. The zero-order valence-electron chi connectivity index (χ0n) is 23.4. The van der Waals surface area contributed by atoms with Gasteiger partial charge in [-0.05, 0) is 48.9 Å². The highest BCUT2D eigenvalue weighted by Gasteiger charge is 2.72. The number of nitrogens with one attached hydrogen (secondary N) is 2. The third-order valence-corrected chi connectivity index (χ3v) is 9.91. The van der Waals surface area contributed by atoms with Crippen molar-refractivity contribution in [1.82, 2.24) is 10.2 Å². The summed E-state index contributed by atoms with van der Waals surface area (Å²) in [5, 5.41) is 5.94. The lowest BCUT2D eigenvalue weighted by Crippen LogP contribution is -2.57. The van der Waals surface area contributed by atoms with E-state index in [4.69, 9.17) is 16.3 Å². The Hall–Kier alpha value is -3.23. The Labute approximate surface area is 244 Å². The van der Waals surface area contributed by atoms with Gasteiger partial charge in [-0.15, -0.1) is 0 Å². The van der Waals surface area contributed by atoms with E-state index in [-0.39, 0.29) is 29.4 Å². The Morgan fingerprint density at radius 3 is 2.61 bits per heavy atom. The number of hydrogen-bond donors (Lipinski definition) is 2. The third kappa shape index (κ3) is 4.75. The molecule has 2 aromatic carbocycles. The maximum Gasteiger partial charge on any atom is 0.246 e. The van der Waals surface area contributed by atoms with Crippen LogP contribution in [0.3, 0.4) is 0 Å². The third-order valence-electron chi connectivity index (χ3n) is 9.62. The normalized spacial score (nSPS) is 33.6. The number of ether oxygens (including phenoxy) is 1. The van der Waals surface area contributed by atoms with Gasteiger partial charge in [0.1, 0.15) is 17.5 Å². The summed E-state index contributed by atoms with van der Waals surface area (Å²) in [7, 11) is 0. The number of anilines is 1. The zero-order chi connectivity index (χ0) is 29.1. The van der Waals surface area contributed by atoms with Crippen molar-refractivity contribution in [3.05, 3.63) is 76.6 Å². The first-order chi connectivity index (χ1) is 19.6. The minimum absolute atomic E-state index is 0.00271. The van der Waals surface area contributed by atoms with E-state index in [0.717, 1.165) is 30.4 Å². The summed E-state index contributed by atoms with van der Waals surface area (Å²) in [4.78, 5) is 43.6. The lowest BCUT2D eigenvalue weighted by atomic mass is 9.73. The highest BCUT2D eigenvalue weighted by Crippen LogP contribution is 2.55. The van der Waals surface area contributed by atoms with Gasteiger partial charge < -0.3 is 20.3 Å². The number of hydrogen-bond acceptors (Lipinski definition) is 4. The maximum absolute atomic E-state index is 14.2. The fourth-order valence-electron chi connectivity index (χ4n) is 7.17. The van der Waals surface area contributed by atoms with Gasteiger partial charge in [-0.25, -0.2) is 4.39 Å². The van der Waals surface area contributed by atoms with Gasteiger partial charge in [0.25, 0.3) is 0 Å². The van der Waals surface area contributed by atoms with Gasteiger partial charge in [-0.2, -0.15) is 0 Å². The molecule has 9 heteroatoms. The van der Waals surface area contributed by atoms with Crippen molar-refractivity contribution >= 4 is 35.0 Å². The summed E-state index contributed by atoms with van der Waals surface area (Å²) in [6.45, 7) is 6.59. The maximum atomic E-state index is 14.2. The first kappa shape index (κ1) is 27.9. The number of likely N-dealkylation sites (tertiary alicyclic amines) is 1. The second-order valence-electron chi connectivity index (χ2n) is 12.2. The lowest BCUT2D eigenvalue weighted by molar-refractivity contribution is -0.142. The summed E-state index contributed by atoms with van der Waals surface area (Å²) < 4.78 is 20.1. The van der Waals surface area contributed by atoms with Crippen LogP contribution >= 0.6 is 11.6 Å². The Morgan fingerprint density at radius 1 is 1.12 bits per heavy atom. The molecule has 6 rings (SSSR count). The van der Waals surface area contributed by atoms with Gasteiger partial charge >= 0.3 is 0 Å². The van der Waals surface area contributed by atoms with Crippen molar-refractivity contribution in [2.45, 2.75) is 70.4 Å². The fourth-order valence-corrected chi connectivity index (χ4v) is 7.36. The minimum atomic E-state index is -1.26. The summed E-state index contributed by atoms with van der Waals surface area (Å²) in [5.74, 6) is -2.52. The molecule has 2 bridgehead atoms. The molecule has 0 unspecified atom stereocenters. The van der Waals surface area contributed by atoms with Crippen molar-refractivity contribution in [3.63, 3.8) is 0 Å². The van der Waals surface area contributed by atoms with Gasteiger partial charge in [0, 0.05) is 18.3 Å². The molecule has 2 saturated heterocycles. The molecule has 216 valence electrons. The zero-order valence-corrected chi connectivity index (χ0v) is 24.2. The van der Waals surface area contributed by atoms with Crippen LogP contribution in [0.4, 0.5) is 10.1 Å². The quantitative estimate of drug-likeness (QED) is 0.471. The number of fused-ring (bicyclic) bond motifs is 1. The number of amides is 3. The van der Waals surface area contributed by atoms with Crippen molar-refractivity contribution < 1.29 is 23.5 Å². The smallest absolute Gasteiger partial charge is 0.246 e. The van der Waals surface area contributed by atoms with Crippen LogP contribution in [0.5, 0.6) is 0 Å². The molecule has 2 N–H and O–H groups in total. The minimum Gasteiger partial charge on any atom is -0.359 e. The molecule has 4 aliphatic rings. The second-order valence-corrected chi connectivity index (χ2v) is 12.6. The Kier molecular flexibility index (Phi) is 7.19. The number of aryl methyl sites for hydroxylation is 1. The van der Waals surface area contributed by atoms with Gasteiger partial charge in [0.05, 0.1) is 23.0 Å². The van der Waals surface area contributed by atoms with Crippen LogP contribution in [0, 0.1) is 36.4 Å². The van der Waals surface area contributed by atoms with E-state index in [9.17, 15) is 18.8 Å². The molecule has 8 atom stereocenters. The molecule has 1 saturated carbocycles. The van der Waals surface area contributed by atoms with Gasteiger partial charge in [0.2, 0.25) is 17.7 Å².